The molecule has 0 aliphatic carbocycles. The van der Waals surface area contributed by atoms with Crippen LogP contribution in [0.2, 0.25) is 0 Å². The van der Waals surface area contributed by atoms with Crippen molar-refractivity contribution in [3.8, 4) is 11.5 Å². The van der Waals surface area contributed by atoms with E-state index >= 15 is 0 Å². The normalized spacial score (nSPS) is 14.8. The van der Waals surface area contributed by atoms with Crippen LogP contribution in [0.3, 0.4) is 0 Å². The maximum absolute atomic E-state index is 13.7. The molecule has 0 amide bonds. The first-order valence-electron chi connectivity index (χ1n) is 6.65. The zero-order valence-electron chi connectivity index (χ0n) is 11.2. The Morgan fingerprint density at radius 1 is 1.10 bits per heavy atom. The first-order chi connectivity index (χ1) is 10.1. The van der Waals surface area contributed by atoms with Gasteiger partial charge >= 0.3 is 0 Å². The molecular weight excluding hydrogens is 278 g/mol. The fourth-order valence-corrected chi connectivity index (χ4v) is 2.38. The third kappa shape index (κ3) is 2.83. The van der Waals surface area contributed by atoms with Gasteiger partial charge in [-0.1, -0.05) is 12.1 Å². The van der Waals surface area contributed by atoms with Gasteiger partial charge < -0.3 is 14.6 Å². The van der Waals surface area contributed by atoms with Gasteiger partial charge in [-0.25, -0.2) is 8.78 Å². The molecule has 2 aromatic rings. The molecule has 0 saturated heterocycles. The molecular formula is C16H14F2O3. The first kappa shape index (κ1) is 13.8. The number of halogens is 2. The summed E-state index contributed by atoms with van der Waals surface area (Å²) in [6, 6.07) is 8.35. The average molecular weight is 292 g/mol. The van der Waals surface area contributed by atoms with E-state index in [2.05, 4.69) is 0 Å². The van der Waals surface area contributed by atoms with Crippen molar-refractivity contribution in [3.63, 3.8) is 0 Å². The minimum Gasteiger partial charge on any atom is -0.486 e. The Morgan fingerprint density at radius 3 is 2.76 bits per heavy atom. The largest absolute Gasteiger partial charge is 0.486 e. The lowest BCUT2D eigenvalue weighted by atomic mass is 9.99. The zero-order chi connectivity index (χ0) is 14.8. The van der Waals surface area contributed by atoms with Crippen LogP contribution in [0.15, 0.2) is 36.4 Å². The van der Waals surface area contributed by atoms with E-state index in [0.29, 0.717) is 30.3 Å². The molecule has 0 fully saturated rings. The molecule has 0 bridgehead atoms. The van der Waals surface area contributed by atoms with Crippen LogP contribution in [0.1, 0.15) is 17.2 Å². The Bertz CT molecular complexity index is 658. The number of benzene rings is 2. The molecule has 0 aromatic heterocycles. The predicted octanol–water partition coefficient (Wildman–Crippen LogP) is 3.01. The van der Waals surface area contributed by atoms with Gasteiger partial charge in [0.1, 0.15) is 24.8 Å². The van der Waals surface area contributed by atoms with Gasteiger partial charge in [0.05, 0.1) is 6.10 Å². The van der Waals surface area contributed by atoms with Crippen molar-refractivity contribution in [1.29, 1.82) is 0 Å². The van der Waals surface area contributed by atoms with E-state index in [4.69, 9.17) is 9.47 Å². The van der Waals surface area contributed by atoms with Crippen molar-refractivity contribution in [2.24, 2.45) is 0 Å². The van der Waals surface area contributed by atoms with Crippen molar-refractivity contribution in [3.05, 3.63) is 59.2 Å². The molecule has 1 N–H and O–H groups in total. The van der Waals surface area contributed by atoms with E-state index in [9.17, 15) is 13.9 Å². The summed E-state index contributed by atoms with van der Waals surface area (Å²) in [7, 11) is 0. The number of rotatable bonds is 3. The number of ether oxygens (including phenoxy) is 2. The van der Waals surface area contributed by atoms with E-state index < -0.39 is 17.7 Å². The Kier molecular flexibility index (Phi) is 3.75. The fraction of sp³-hybridized carbons (Fsp3) is 0.250. The summed E-state index contributed by atoms with van der Waals surface area (Å²) in [4.78, 5) is 0. The van der Waals surface area contributed by atoms with Gasteiger partial charge in [-0.15, -0.1) is 0 Å². The minimum absolute atomic E-state index is 0.0383. The quantitative estimate of drug-likeness (QED) is 0.945. The molecule has 0 spiro atoms. The monoisotopic (exact) mass is 292 g/mol. The van der Waals surface area contributed by atoms with Crippen molar-refractivity contribution in [2.45, 2.75) is 12.5 Å². The molecule has 1 unspecified atom stereocenters. The van der Waals surface area contributed by atoms with Crippen LogP contribution < -0.4 is 9.47 Å². The average Bonchev–Trinajstić information content (AvgIpc) is 2.50. The van der Waals surface area contributed by atoms with E-state index in [1.807, 2.05) is 0 Å². The minimum atomic E-state index is -1.00. The lowest BCUT2D eigenvalue weighted by molar-refractivity contribution is 0.145. The van der Waals surface area contributed by atoms with E-state index in [1.54, 1.807) is 18.2 Å². The number of para-hydroxylation sites is 1. The molecule has 1 aliphatic heterocycles. The van der Waals surface area contributed by atoms with Crippen LogP contribution in [-0.4, -0.2) is 18.3 Å². The summed E-state index contributed by atoms with van der Waals surface area (Å²) in [6.45, 7) is 0.843. The maximum atomic E-state index is 13.7. The van der Waals surface area contributed by atoms with Gasteiger partial charge in [-0.3, -0.25) is 0 Å². The highest BCUT2D eigenvalue weighted by Gasteiger charge is 2.21. The van der Waals surface area contributed by atoms with Crippen LogP contribution in [0.25, 0.3) is 0 Å². The summed E-state index contributed by atoms with van der Waals surface area (Å²) < 4.78 is 37.8. The molecule has 0 radical (unpaired) electrons. The Labute approximate surface area is 120 Å². The van der Waals surface area contributed by atoms with Gasteiger partial charge in [0, 0.05) is 12.0 Å². The van der Waals surface area contributed by atoms with Crippen molar-refractivity contribution in [2.75, 3.05) is 13.2 Å². The molecule has 1 aliphatic rings. The van der Waals surface area contributed by atoms with Crippen LogP contribution in [0.5, 0.6) is 11.5 Å². The lowest BCUT2D eigenvalue weighted by Gasteiger charge is -2.23. The summed E-state index contributed by atoms with van der Waals surface area (Å²) >= 11 is 0. The summed E-state index contributed by atoms with van der Waals surface area (Å²) in [6.07, 6.45) is -1.04. The van der Waals surface area contributed by atoms with Gasteiger partial charge in [-0.2, -0.15) is 0 Å². The lowest BCUT2D eigenvalue weighted by Crippen LogP contribution is -2.17. The molecule has 1 heterocycles. The molecule has 21 heavy (non-hydrogen) atoms. The van der Waals surface area contributed by atoms with Crippen molar-refractivity contribution < 1.29 is 23.4 Å². The van der Waals surface area contributed by atoms with Gasteiger partial charge in [0.2, 0.25) is 0 Å². The smallest absolute Gasteiger partial charge is 0.167 e. The van der Waals surface area contributed by atoms with Crippen LogP contribution in [0.4, 0.5) is 8.78 Å². The van der Waals surface area contributed by atoms with Gasteiger partial charge in [0.25, 0.3) is 0 Å². The zero-order valence-corrected chi connectivity index (χ0v) is 11.2. The van der Waals surface area contributed by atoms with E-state index in [1.165, 1.54) is 0 Å². The van der Waals surface area contributed by atoms with E-state index in [0.717, 1.165) is 18.2 Å². The highest BCUT2D eigenvalue weighted by molar-refractivity contribution is 5.48. The van der Waals surface area contributed by atoms with Crippen molar-refractivity contribution >= 4 is 0 Å². The molecule has 1 atom stereocenters. The molecule has 3 rings (SSSR count). The Morgan fingerprint density at radius 2 is 1.90 bits per heavy atom. The fourth-order valence-electron chi connectivity index (χ4n) is 2.38. The highest BCUT2D eigenvalue weighted by Crippen LogP contribution is 2.38. The van der Waals surface area contributed by atoms with E-state index in [-0.39, 0.29) is 12.0 Å². The third-order valence-electron chi connectivity index (χ3n) is 3.38. The molecule has 110 valence electrons. The van der Waals surface area contributed by atoms with Gasteiger partial charge in [-0.05, 0) is 29.8 Å². The summed E-state index contributed by atoms with van der Waals surface area (Å²) in [5.74, 6) is -0.0590. The summed E-state index contributed by atoms with van der Waals surface area (Å²) in [5.41, 5.74) is 0.632. The number of hydrogen-bond acceptors (Lipinski definition) is 3. The van der Waals surface area contributed by atoms with Crippen LogP contribution >= 0.6 is 0 Å². The third-order valence-corrected chi connectivity index (χ3v) is 3.38. The SMILES string of the molecule is OC(Cc1cc(F)ccc1F)c1cccc2c1OCCO2. The van der Waals surface area contributed by atoms with Gasteiger partial charge in [0.15, 0.2) is 11.5 Å². The number of aliphatic hydroxyl groups is 1. The first-order valence-corrected chi connectivity index (χ1v) is 6.65. The molecule has 5 heteroatoms. The standard InChI is InChI=1S/C16H14F2O3/c17-11-4-5-13(18)10(8-11)9-14(19)12-2-1-3-15-16(12)21-7-6-20-15/h1-5,8,14,19H,6-7,9H2. The second-order valence-corrected chi connectivity index (χ2v) is 4.83. The number of hydrogen-bond donors (Lipinski definition) is 1. The van der Waals surface area contributed by atoms with Crippen LogP contribution in [0, 0.1) is 11.6 Å². The second kappa shape index (κ2) is 5.69. The predicted molar refractivity (Wildman–Crippen MR) is 72.5 cm³/mol. The molecule has 2 aromatic carbocycles. The number of fused-ring (bicyclic) bond motifs is 1. The van der Waals surface area contributed by atoms with Crippen LogP contribution in [-0.2, 0) is 6.42 Å². The number of aliphatic hydroxyl groups excluding tert-OH is 1. The van der Waals surface area contributed by atoms with Crippen molar-refractivity contribution in [1.82, 2.24) is 0 Å². The topological polar surface area (TPSA) is 38.7 Å². The summed E-state index contributed by atoms with van der Waals surface area (Å²) in [5, 5.41) is 10.3. The second-order valence-electron chi connectivity index (χ2n) is 4.83. The maximum Gasteiger partial charge on any atom is 0.167 e. The molecule has 3 nitrogen and oxygen atoms in total. The Balaban J connectivity index is 1.89. The Hall–Kier alpha value is -2.14. The highest BCUT2D eigenvalue weighted by atomic mass is 19.1. The molecule has 0 saturated carbocycles.